The standard InChI is InChI=1S/C26H47ClN6O3S/c27-25(33-26(29)31-22-14-16-23(17-15-22)37(34,35)36)32-24(30-21-12-10-20(28)11-13-21)18-19-8-6-4-2-1-3-5-7-9-19/h14-17,19-21,24-26,30-33H,1-13,18,28-29H2,(H,34,35,36). The van der Waals surface area contributed by atoms with Crippen molar-refractivity contribution < 1.29 is 13.0 Å². The van der Waals surface area contributed by atoms with Crippen LogP contribution in [0.5, 0.6) is 0 Å². The lowest BCUT2D eigenvalue weighted by atomic mass is 9.88. The molecular weight excluding hydrogens is 512 g/mol. The van der Waals surface area contributed by atoms with Gasteiger partial charge >= 0.3 is 0 Å². The summed E-state index contributed by atoms with van der Waals surface area (Å²) in [5, 5.41) is 13.5. The van der Waals surface area contributed by atoms with Gasteiger partial charge in [0.15, 0.2) is 0 Å². The maximum Gasteiger partial charge on any atom is 0.294 e. The number of hydrogen-bond acceptors (Lipinski definition) is 8. The fourth-order valence-electron chi connectivity index (χ4n) is 5.54. The highest BCUT2D eigenvalue weighted by atomic mass is 35.5. The van der Waals surface area contributed by atoms with E-state index in [1.165, 1.54) is 69.9 Å². The fraction of sp³-hybridized carbons (Fsp3) is 0.769. The van der Waals surface area contributed by atoms with Crippen molar-refractivity contribution in [3.05, 3.63) is 24.3 Å². The molecule has 2 aliphatic carbocycles. The van der Waals surface area contributed by atoms with Gasteiger partial charge in [-0.25, -0.2) is 0 Å². The van der Waals surface area contributed by atoms with Crippen LogP contribution in [0.15, 0.2) is 29.2 Å². The first-order valence-corrected chi connectivity index (χ1v) is 15.8. The summed E-state index contributed by atoms with van der Waals surface area (Å²) < 4.78 is 31.6. The van der Waals surface area contributed by atoms with Crippen LogP contribution in [-0.2, 0) is 10.1 Å². The lowest BCUT2D eigenvalue weighted by molar-refractivity contribution is 0.235. The van der Waals surface area contributed by atoms with Crippen molar-refractivity contribution in [3.63, 3.8) is 0 Å². The summed E-state index contributed by atoms with van der Waals surface area (Å²) in [5.74, 6) is 0.658. The van der Waals surface area contributed by atoms with E-state index in [0.717, 1.165) is 32.1 Å². The summed E-state index contributed by atoms with van der Waals surface area (Å²) in [5.41, 5.74) is 12.4. The van der Waals surface area contributed by atoms with Gasteiger partial charge in [0.2, 0.25) is 0 Å². The molecule has 0 spiro atoms. The van der Waals surface area contributed by atoms with Crippen LogP contribution in [0.1, 0.15) is 89.9 Å². The van der Waals surface area contributed by atoms with Gasteiger partial charge in [-0.1, -0.05) is 69.4 Å². The molecule has 1 aromatic rings. The fourth-order valence-corrected chi connectivity index (χ4v) is 6.31. The minimum atomic E-state index is -4.24. The topological polar surface area (TPSA) is 155 Å². The smallest absolute Gasteiger partial charge is 0.294 e. The third-order valence-corrected chi connectivity index (χ3v) is 8.77. The second kappa shape index (κ2) is 15.6. The summed E-state index contributed by atoms with van der Waals surface area (Å²) in [6.45, 7) is 0. The summed E-state index contributed by atoms with van der Waals surface area (Å²) >= 11 is 6.67. The highest BCUT2D eigenvalue weighted by Gasteiger charge is 2.25. The monoisotopic (exact) mass is 558 g/mol. The first kappa shape index (κ1) is 30.6. The van der Waals surface area contributed by atoms with Crippen molar-refractivity contribution >= 4 is 27.4 Å². The van der Waals surface area contributed by atoms with Crippen LogP contribution in [0.25, 0.3) is 0 Å². The normalized spacial score (nSPS) is 25.2. The number of anilines is 1. The molecule has 37 heavy (non-hydrogen) atoms. The number of rotatable bonds is 11. The van der Waals surface area contributed by atoms with E-state index in [2.05, 4.69) is 21.3 Å². The van der Waals surface area contributed by atoms with E-state index < -0.39 is 22.0 Å². The van der Waals surface area contributed by atoms with Crippen molar-refractivity contribution in [1.29, 1.82) is 0 Å². The second-order valence-corrected chi connectivity index (χ2v) is 12.7. The van der Waals surface area contributed by atoms with Crippen molar-refractivity contribution in [2.24, 2.45) is 17.4 Å². The number of nitrogens with two attached hydrogens (primary N) is 2. The Balaban J connectivity index is 1.55. The van der Waals surface area contributed by atoms with Gasteiger partial charge in [0.25, 0.3) is 10.1 Å². The van der Waals surface area contributed by atoms with E-state index in [0.29, 0.717) is 23.7 Å². The van der Waals surface area contributed by atoms with E-state index in [1.54, 1.807) is 12.1 Å². The number of alkyl halides is 1. The molecule has 11 heteroatoms. The maximum atomic E-state index is 11.2. The third kappa shape index (κ3) is 11.7. The molecular formula is C26H47ClN6O3S. The Morgan fingerprint density at radius 3 is 2.03 bits per heavy atom. The van der Waals surface area contributed by atoms with E-state index >= 15 is 0 Å². The molecule has 212 valence electrons. The highest BCUT2D eigenvalue weighted by Crippen LogP contribution is 2.26. The Hall–Kier alpha value is -0.980. The Morgan fingerprint density at radius 1 is 0.892 bits per heavy atom. The van der Waals surface area contributed by atoms with Crippen molar-refractivity contribution in [2.45, 2.75) is 125 Å². The Bertz CT molecular complexity index is 873. The van der Waals surface area contributed by atoms with Gasteiger partial charge in [-0.05, 0) is 62.3 Å². The number of halogens is 1. The predicted molar refractivity (Wildman–Crippen MR) is 151 cm³/mol. The van der Waals surface area contributed by atoms with Crippen LogP contribution in [0, 0.1) is 5.92 Å². The summed E-state index contributed by atoms with van der Waals surface area (Å²) in [7, 11) is -4.24. The molecule has 0 aliphatic heterocycles. The molecule has 3 rings (SSSR count). The number of benzene rings is 1. The third-order valence-electron chi connectivity index (χ3n) is 7.65. The van der Waals surface area contributed by atoms with Crippen molar-refractivity contribution in [2.75, 3.05) is 5.32 Å². The average molecular weight is 559 g/mol. The Morgan fingerprint density at radius 2 is 1.46 bits per heavy atom. The summed E-state index contributed by atoms with van der Waals surface area (Å²) in [6, 6.07) is 6.44. The highest BCUT2D eigenvalue weighted by molar-refractivity contribution is 7.85. The second-order valence-electron chi connectivity index (χ2n) is 10.8. The van der Waals surface area contributed by atoms with Crippen LogP contribution in [0.4, 0.5) is 5.69 Å². The summed E-state index contributed by atoms with van der Waals surface area (Å²) in [6.07, 6.45) is 16.5. The van der Waals surface area contributed by atoms with E-state index in [4.69, 9.17) is 27.6 Å². The minimum Gasteiger partial charge on any atom is -0.358 e. The average Bonchev–Trinajstić information content (AvgIpc) is 2.84. The lowest BCUT2D eigenvalue weighted by Crippen LogP contribution is -2.58. The van der Waals surface area contributed by atoms with E-state index in [-0.39, 0.29) is 11.1 Å². The Labute approximate surface area is 228 Å². The molecule has 0 saturated heterocycles. The molecule has 2 aliphatic rings. The van der Waals surface area contributed by atoms with E-state index in [1.807, 2.05) is 0 Å². The van der Waals surface area contributed by atoms with E-state index in [9.17, 15) is 8.42 Å². The molecule has 0 heterocycles. The minimum absolute atomic E-state index is 0.0588. The summed E-state index contributed by atoms with van der Waals surface area (Å²) in [4.78, 5) is -0.172. The largest absolute Gasteiger partial charge is 0.358 e. The lowest BCUT2D eigenvalue weighted by Gasteiger charge is -2.35. The molecule has 3 atom stereocenters. The predicted octanol–water partition coefficient (Wildman–Crippen LogP) is 4.01. The van der Waals surface area contributed by atoms with Gasteiger partial charge in [-0.2, -0.15) is 8.42 Å². The molecule has 2 saturated carbocycles. The van der Waals surface area contributed by atoms with Gasteiger partial charge in [-0.15, -0.1) is 0 Å². The van der Waals surface area contributed by atoms with Crippen LogP contribution in [0.2, 0.25) is 0 Å². The Kier molecular flexibility index (Phi) is 12.9. The van der Waals surface area contributed by atoms with Crippen LogP contribution in [-0.4, -0.2) is 43.1 Å². The molecule has 0 bridgehead atoms. The zero-order valence-electron chi connectivity index (χ0n) is 21.9. The quantitative estimate of drug-likeness (QED) is 0.0923. The molecule has 9 nitrogen and oxygen atoms in total. The van der Waals surface area contributed by atoms with Crippen LogP contribution in [0.3, 0.4) is 0 Å². The number of hydrogen-bond donors (Lipinski definition) is 7. The van der Waals surface area contributed by atoms with Crippen molar-refractivity contribution in [3.8, 4) is 0 Å². The first-order chi connectivity index (χ1) is 17.7. The van der Waals surface area contributed by atoms with Gasteiger partial charge in [-0.3, -0.25) is 26.2 Å². The SMILES string of the molecule is NC1CCC(NC(CC2CCCCCCCCC2)NC(Cl)NC(N)Nc2ccc(S(=O)(=O)O)cc2)CC1. The van der Waals surface area contributed by atoms with Gasteiger partial charge in [0.1, 0.15) is 11.9 Å². The maximum absolute atomic E-state index is 11.2. The zero-order valence-corrected chi connectivity index (χ0v) is 23.5. The van der Waals surface area contributed by atoms with Crippen LogP contribution < -0.4 is 32.7 Å². The zero-order chi connectivity index (χ0) is 26.7. The molecule has 9 N–H and O–H groups in total. The molecule has 2 fully saturated rings. The first-order valence-electron chi connectivity index (χ1n) is 14.0. The van der Waals surface area contributed by atoms with Gasteiger partial charge in [0, 0.05) is 17.8 Å². The molecule has 0 amide bonds. The molecule has 0 aromatic heterocycles. The molecule has 3 unspecified atom stereocenters. The van der Waals surface area contributed by atoms with Gasteiger partial charge < -0.3 is 11.1 Å². The van der Waals surface area contributed by atoms with Crippen LogP contribution >= 0.6 is 11.6 Å². The molecule has 1 aromatic carbocycles. The number of nitrogens with one attached hydrogen (secondary N) is 4. The van der Waals surface area contributed by atoms with Gasteiger partial charge in [0.05, 0.1) is 11.1 Å². The molecule has 0 radical (unpaired) electrons. The van der Waals surface area contributed by atoms with Crippen molar-refractivity contribution in [1.82, 2.24) is 16.0 Å².